The number of aryl methyl sites for hydroxylation is 1. The molecule has 0 radical (unpaired) electrons. The number of nitrogens with one attached hydrogen (secondary N) is 1. The van der Waals surface area contributed by atoms with Gasteiger partial charge in [-0.3, -0.25) is 18.6 Å². The van der Waals surface area contributed by atoms with Crippen LogP contribution in [0.2, 0.25) is 0 Å². The van der Waals surface area contributed by atoms with Crippen molar-refractivity contribution in [3.8, 4) is 5.75 Å². The maximum Gasteiger partial charge on any atom is 0.530 e. The number of aromatic amines is 1. The average Bonchev–Trinajstić information content (AvgIpc) is 3.58. The molecular weight excluding hydrogens is 567 g/mol. The average molecular weight is 601 g/mol. The highest BCUT2D eigenvalue weighted by Gasteiger charge is 2.76. The van der Waals surface area contributed by atoms with Gasteiger partial charge in [0, 0.05) is 24.2 Å². The van der Waals surface area contributed by atoms with Gasteiger partial charge >= 0.3 is 13.8 Å². The highest BCUT2D eigenvalue weighted by atomic mass is 31.2. The number of methoxy groups -OCH3 is 1. The molecule has 1 aromatic heterocycles. The van der Waals surface area contributed by atoms with Gasteiger partial charge in [0.2, 0.25) is 5.91 Å². The predicted octanol–water partition coefficient (Wildman–Crippen LogP) is 6.63. The minimum atomic E-state index is -4.15. The molecule has 0 saturated heterocycles. The lowest BCUT2D eigenvalue weighted by atomic mass is 9.34. The Balaban J connectivity index is 1.20. The second-order valence-electron chi connectivity index (χ2n) is 11.9. The molecule has 0 atom stereocenters. The number of carbonyl (C=O) groups excluding carboxylic acids is 2. The molecule has 222 valence electrons. The van der Waals surface area contributed by atoms with Crippen LogP contribution in [-0.2, 0) is 47.6 Å². The van der Waals surface area contributed by atoms with Gasteiger partial charge in [0.1, 0.15) is 0 Å². The van der Waals surface area contributed by atoms with Gasteiger partial charge in [0.15, 0.2) is 5.75 Å². The summed E-state index contributed by atoms with van der Waals surface area (Å²) in [5.74, 6) is 0.0695. The highest BCUT2D eigenvalue weighted by molar-refractivity contribution is 7.48. The molecule has 2 heterocycles. The van der Waals surface area contributed by atoms with Crippen LogP contribution in [-0.4, -0.2) is 30.5 Å². The van der Waals surface area contributed by atoms with Gasteiger partial charge in [-0.25, -0.2) is 4.57 Å². The molecule has 1 amide bonds. The Bertz CT molecular complexity index is 1700. The normalized spacial score (nSPS) is 22.0. The van der Waals surface area contributed by atoms with Gasteiger partial charge in [-0.2, -0.15) is 0 Å². The van der Waals surface area contributed by atoms with E-state index in [-0.39, 0.29) is 30.8 Å². The number of nitrogens with zero attached hydrogens (tertiary/aromatic N) is 1. The number of esters is 1. The topological polar surface area (TPSA) is 107 Å². The number of fused-ring (bicyclic) bond motifs is 3. The Morgan fingerprint density at radius 2 is 1.53 bits per heavy atom. The molecule has 0 spiro atoms. The van der Waals surface area contributed by atoms with Crippen LogP contribution >= 0.6 is 7.82 Å². The summed E-state index contributed by atoms with van der Waals surface area (Å²) in [4.78, 5) is 31.2. The van der Waals surface area contributed by atoms with Crippen LogP contribution in [0.1, 0.15) is 41.5 Å². The summed E-state index contributed by atoms with van der Waals surface area (Å²) in [6, 6.07) is 20.6. The van der Waals surface area contributed by atoms with Crippen LogP contribution in [0.3, 0.4) is 0 Å². The summed E-state index contributed by atoms with van der Waals surface area (Å²) < 4.78 is 37.2. The van der Waals surface area contributed by atoms with E-state index >= 15 is 0 Å². The lowest BCUT2D eigenvalue weighted by Crippen LogP contribution is -2.71. The zero-order valence-electron chi connectivity index (χ0n) is 24.1. The van der Waals surface area contributed by atoms with Crippen LogP contribution in [0.4, 0.5) is 5.69 Å². The molecule has 1 N–H and O–H groups in total. The summed E-state index contributed by atoms with van der Waals surface area (Å²) in [6.45, 7) is 2.57. The third-order valence-corrected chi connectivity index (χ3v) is 10.4. The number of carbonyl (C=O) groups is 2. The first-order chi connectivity index (χ1) is 20.7. The third-order valence-electron chi connectivity index (χ3n) is 9.10. The van der Waals surface area contributed by atoms with Crippen molar-refractivity contribution in [2.75, 3.05) is 18.6 Å². The van der Waals surface area contributed by atoms with Gasteiger partial charge < -0.3 is 19.1 Å². The number of benzene rings is 3. The standard InChI is InChI=1S/C33H33N2O7P/c1-22-16-34-29-27(42-43(38,40-17-23-9-5-3-6-10-23)41-18-24-11-7-4-8-12-24)15-26-25(28(22)29)13-14-35(26)30(36)32-19-33(20-32,21-32)31(37)39-2/h3-12,15-16,34H,13-14,17-21H2,1-2H3. The van der Waals surface area contributed by atoms with E-state index < -0.39 is 18.7 Å². The van der Waals surface area contributed by atoms with E-state index in [0.717, 1.165) is 33.3 Å². The zero-order valence-corrected chi connectivity index (χ0v) is 25.0. The minimum Gasteiger partial charge on any atom is -0.469 e. The second-order valence-corrected chi connectivity index (χ2v) is 13.5. The number of ether oxygens (including phenoxy) is 1. The third kappa shape index (κ3) is 4.67. The van der Waals surface area contributed by atoms with Crippen molar-refractivity contribution in [1.82, 2.24) is 4.98 Å². The van der Waals surface area contributed by atoms with Crippen molar-refractivity contribution in [3.63, 3.8) is 0 Å². The van der Waals surface area contributed by atoms with Gasteiger partial charge in [-0.05, 0) is 54.9 Å². The summed E-state index contributed by atoms with van der Waals surface area (Å²) >= 11 is 0. The fourth-order valence-electron chi connectivity index (χ4n) is 7.04. The number of phosphoric acid groups is 1. The number of rotatable bonds is 10. The first kappa shape index (κ1) is 27.9. The van der Waals surface area contributed by atoms with E-state index in [0.29, 0.717) is 37.7 Å². The first-order valence-corrected chi connectivity index (χ1v) is 15.9. The van der Waals surface area contributed by atoms with Crippen molar-refractivity contribution in [1.29, 1.82) is 0 Å². The van der Waals surface area contributed by atoms with Gasteiger partial charge in [-0.1, -0.05) is 60.7 Å². The predicted molar refractivity (Wildman–Crippen MR) is 161 cm³/mol. The SMILES string of the molecule is COC(=O)C12CC(C(=O)N3CCc4c3cc(OP(=O)(OCc3ccccc3)OCc3ccccc3)c3[nH]cc(C)c43)(C1)C2. The summed E-state index contributed by atoms with van der Waals surface area (Å²) in [5.41, 5.74) is 4.03. The van der Waals surface area contributed by atoms with Crippen LogP contribution in [0.25, 0.3) is 10.9 Å². The van der Waals surface area contributed by atoms with Gasteiger partial charge in [0.05, 0.1) is 42.4 Å². The number of anilines is 1. The fourth-order valence-corrected chi connectivity index (χ4v) is 8.22. The molecule has 4 aliphatic rings. The van der Waals surface area contributed by atoms with Crippen LogP contribution in [0.15, 0.2) is 72.9 Å². The molecule has 43 heavy (non-hydrogen) atoms. The summed E-state index contributed by atoms with van der Waals surface area (Å²) in [6.07, 6.45) is 4.11. The van der Waals surface area contributed by atoms with E-state index in [9.17, 15) is 14.2 Å². The Morgan fingerprint density at radius 3 is 2.12 bits per heavy atom. The molecule has 8 rings (SSSR count). The molecule has 1 aliphatic heterocycles. The number of amides is 1. The monoisotopic (exact) mass is 600 g/mol. The van der Waals surface area contributed by atoms with Crippen molar-refractivity contribution >= 4 is 36.3 Å². The quantitative estimate of drug-likeness (QED) is 0.161. The molecule has 3 fully saturated rings. The Kier molecular flexibility index (Phi) is 6.73. The largest absolute Gasteiger partial charge is 0.530 e. The zero-order chi connectivity index (χ0) is 29.8. The molecule has 3 aromatic carbocycles. The minimum absolute atomic E-state index is 0.0133. The van der Waals surface area contributed by atoms with E-state index in [1.807, 2.05) is 73.8 Å². The van der Waals surface area contributed by atoms with Gasteiger partial charge in [-0.15, -0.1) is 0 Å². The van der Waals surface area contributed by atoms with Crippen LogP contribution in [0, 0.1) is 17.8 Å². The molecular formula is C33H33N2O7P. The van der Waals surface area contributed by atoms with Crippen molar-refractivity contribution in [3.05, 3.63) is 95.2 Å². The smallest absolute Gasteiger partial charge is 0.469 e. The number of aromatic nitrogens is 1. The highest BCUT2D eigenvalue weighted by Crippen LogP contribution is 2.74. The van der Waals surface area contributed by atoms with E-state index in [1.54, 1.807) is 11.0 Å². The molecule has 0 unspecified atom stereocenters. The molecule has 3 saturated carbocycles. The van der Waals surface area contributed by atoms with E-state index in [4.69, 9.17) is 18.3 Å². The molecule has 4 aromatic rings. The summed E-state index contributed by atoms with van der Waals surface area (Å²) in [7, 11) is -2.76. The summed E-state index contributed by atoms with van der Waals surface area (Å²) in [5, 5.41) is 0.934. The Labute approximate surface area is 249 Å². The number of hydrogen-bond donors (Lipinski definition) is 1. The van der Waals surface area contributed by atoms with Crippen LogP contribution < -0.4 is 9.42 Å². The maximum absolute atomic E-state index is 14.2. The van der Waals surface area contributed by atoms with E-state index in [1.165, 1.54) is 7.11 Å². The second kappa shape index (κ2) is 10.4. The fraction of sp³-hybridized carbons (Fsp3) is 0.333. The molecule has 9 nitrogen and oxygen atoms in total. The van der Waals surface area contributed by atoms with Crippen LogP contribution in [0.5, 0.6) is 5.75 Å². The lowest BCUT2D eigenvalue weighted by Gasteiger charge is -2.67. The van der Waals surface area contributed by atoms with E-state index in [2.05, 4.69) is 4.98 Å². The van der Waals surface area contributed by atoms with Gasteiger partial charge in [0.25, 0.3) is 0 Å². The lowest BCUT2D eigenvalue weighted by molar-refractivity contribution is -0.221. The number of phosphoric ester groups is 1. The van der Waals surface area contributed by atoms with Crippen molar-refractivity contribution < 1.29 is 32.5 Å². The Hall–Kier alpha value is -3.91. The number of H-pyrrole nitrogens is 1. The molecule has 10 heteroatoms. The Morgan fingerprint density at radius 1 is 0.930 bits per heavy atom. The molecule has 3 aliphatic carbocycles. The van der Waals surface area contributed by atoms with Crippen molar-refractivity contribution in [2.24, 2.45) is 10.8 Å². The molecule has 2 bridgehead atoms. The van der Waals surface area contributed by atoms with Crippen molar-refractivity contribution in [2.45, 2.75) is 45.8 Å². The maximum atomic E-state index is 14.2. The number of hydrogen-bond acceptors (Lipinski definition) is 7. The first-order valence-electron chi connectivity index (χ1n) is 14.5.